The minimum atomic E-state index is -0.233. The summed E-state index contributed by atoms with van der Waals surface area (Å²) in [5, 5.41) is 2.88. The molecule has 0 fully saturated rings. The minimum absolute atomic E-state index is 0.0558. The predicted octanol–water partition coefficient (Wildman–Crippen LogP) is 3.61. The van der Waals surface area contributed by atoms with Crippen molar-refractivity contribution in [3.8, 4) is 11.5 Å². The molecule has 1 heterocycles. The summed E-state index contributed by atoms with van der Waals surface area (Å²) in [7, 11) is 0. The number of imidazole rings is 1. The Morgan fingerprint density at radius 3 is 2.50 bits per heavy atom. The number of aromatic nitrogens is 2. The van der Waals surface area contributed by atoms with Gasteiger partial charge < -0.3 is 19.8 Å². The molecule has 1 atom stereocenters. The number of ether oxygens (including phenoxy) is 2. The average Bonchev–Trinajstić information content (AvgIpc) is 3.10. The van der Waals surface area contributed by atoms with Gasteiger partial charge >= 0.3 is 0 Å². The Labute approximate surface area is 152 Å². The maximum atomic E-state index is 12.1. The summed E-state index contributed by atoms with van der Waals surface area (Å²) in [6.07, 6.45) is 0.960. The number of nitrogens with one attached hydrogen (secondary N) is 2. The van der Waals surface area contributed by atoms with E-state index in [1.54, 1.807) is 12.1 Å². The van der Waals surface area contributed by atoms with Gasteiger partial charge in [0.2, 0.25) is 0 Å². The second-order valence-corrected chi connectivity index (χ2v) is 6.04. The third kappa shape index (κ3) is 4.53. The second-order valence-electron chi connectivity index (χ2n) is 6.04. The van der Waals surface area contributed by atoms with Gasteiger partial charge in [0, 0.05) is 0 Å². The van der Waals surface area contributed by atoms with Crippen LogP contribution in [-0.4, -0.2) is 29.1 Å². The summed E-state index contributed by atoms with van der Waals surface area (Å²) in [6.45, 7) is 4.57. The summed E-state index contributed by atoms with van der Waals surface area (Å²) >= 11 is 0. The van der Waals surface area contributed by atoms with E-state index in [0.717, 1.165) is 29.0 Å². The molecule has 3 rings (SSSR count). The molecule has 0 saturated carbocycles. The maximum Gasteiger partial charge on any atom is 0.258 e. The molecule has 0 aliphatic rings. The molecule has 1 unspecified atom stereocenters. The number of rotatable bonds is 8. The van der Waals surface area contributed by atoms with E-state index in [1.165, 1.54) is 0 Å². The van der Waals surface area contributed by atoms with Crippen LogP contribution in [0.3, 0.4) is 0 Å². The van der Waals surface area contributed by atoms with Crippen LogP contribution in [-0.2, 0) is 4.79 Å². The van der Waals surface area contributed by atoms with Gasteiger partial charge in [0.25, 0.3) is 5.91 Å². The van der Waals surface area contributed by atoms with Gasteiger partial charge in [-0.25, -0.2) is 4.98 Å². The van der Waals surface area contributed by atoms with Crippen LogP contribution in [0.2, 0.25) is 0 Å². The molecule has 3 aromatic rings. The van der Waals surface area contributed by atoms with E-state index in [1.807, 2.05) is 43.3 Å². The van der Waals surface area contributed by atoms with Crippen molar-refractivity contribution in [2.75, 3.05) is 13.2 Å². The molecule has 0 bridgehead atoms. The number of hydrogen-bond donors (Lipinski definition) is 2. The van der Waals surface area contributed by atoms with Crippen LogP contribution in [0.4, 0.5) is 0 Å². The number of H-pyrrole nitrogens is 1. The van der Waals surface area contributed by atoms with Crippen LogP contribution in [0.1, 0.15) is 32.1 Å². The number of nitrogens with zero attached hydrogens (tertiary/aromatic N) is 1. The molecule has 1 aromatic heterocycles. The van der Waals surface area contributed by atoms with E-state index in [4.69, 9.17) is 9.47 Å². The summed E-state index contributed by atoms with van der Waals surface area (Å²) in [5.41, 5.74) is 1.83. The fourth-order valence-electron chi connectivity index (χ4n) is 2.53. The van der Waals surface area contributed by atoms with E-state index >= 15 is 0 Å². The van der Waals surface area contributed by atoms with Crippen molar-refractivity contribution >= 4 is 16.9 Å². The number of carbonyl (C=O) groups is 1. The van der Waals surface area contributed by atoms with Gasteiger partial charge in [0.15, 0.2) is 6.61 Å². The normalized spacial score (nSPS) is 11.9. The lowest BCUT2D eigenvalue weighted by Crippen LogP contribution is -2.31. The summed E-state index contributed by atoms with van der Waals surface area (Å²) in [6, 6.07) is 14.8. The van der Waals surface area contributed by atoms with Crippen LogP contribution in [0, 0.1) is 0 Å². The first-order valence-electron chi connectivity index (χ1n) is 8.75. The highest BCUT2D eigenvalue weighted by molar-refractivity contribution is 5.78. The van der Waals surface area contributed by atoms with Gasteiger partial charge in [-0.3, -0.25) is 4.79 Å². The van der Waals surface area contributed by atoms with Gasteiger partial charge in [-0.05, 0) is 49.7 Å². The molecule has 1 amide bonds. The number of benzene rings is 2. The number of hydrogen-bond acceptors (Lipinski definition) is 4. The van der Waals surface area contributed by atoms with Crippen molar-refractivity contribution in [1.82, 2.24) is 15.3 Å². The number of para-hydroxylation sites is 2. The molecule has 26 heavy (non-hydrogen) atoms. The van der Waals surface area contributed by atoms with Crippen molar-refractivity contribution in [2.24, 2.45) is 0 Å². The van der Waals surface area contributed by atoms with Crippen LogP contribution in [0.25, 0.3) is 11.0 Å². The van der Waals surface area contributed by atoms with Crippen molar-refractivity contribution in [2.45, 2.75) is 26.3 Å². The van der Waals surface area contributed by atoms with E-state index in [-0.39, 0.29) is 18.6 Å². The highest BCUT2D eigenvalue weighted by Crippen LogP contribution is 2.18. The standard InChI is InChI=1S/C20H23N3O3/c1-3-12-25-15-8-10-16(11-9-15)26-13-19(24)21-14(2)20-22-17-6-4-5-7-18(17)23-20/h4-11,14H,3,12-13H2,1-2H3,(H,21,24)(H,22,23). The van der Waals surface area contributed by atoms with Crippen LogP contribution < -0.4 is 14.8 Å². The predicted molar refractivity (Wildman–Crippen MR) is 100 cm³/mol. The molecular formula is C20H23N3O3. The lowest BCUT2D eigenvalue weighted by atomic mass is 10.3. The summed E-state index contributed by atoms with van der Waals surface area (Å²) in [5.74, 6) is 1.93. The molecule has 2 N–H and O–H groups in total. The second kappa shape index (κ2) is 8.38. The number of amides is 1. The summed E-state index contributed by atoms with van der Waals surface area (Å²) in [4.78, 5) is 19.8. The van der Waals surface area contributed by atoms with Crippen molar-refractivity contribution in [3.63, 3.8) is 0 Å². The molecule has 6 nitrogen and oxygen atoms in total. The smallest absolute Gasteiger partial charge is 0.258 e. The molecular weight excluding hydrogens is 330 g/mol. The average molecular weight is 353 g/mol. The Balaban J connectivity index is 1.50. The van der Waals surface area contributed by atoms with E-state index in [2.05, 4.69) is 22.2 Å². The Bertz CT molecular complexity index is 825. The molecule has 0 aliphatic heterocycles. The van der Waals surface area contributed by atoms with Crippen molar-refractivity contribution in [1.29, 1.82) is 0 Å². The third-order valence-corrected chi connectivity index (χ3v) is 3.86. The first-order chi connectivity index (χ1) is 12.7. The molecule has 0 aliphatic carbocycles. The monoisotopic (exact) mass is 353 g/mol. The van der Waals surface area contributed by atoms with Gasteiger partial charge in [-0.2, -0.15) is 0 Å². The lowest BCUT2D eigenvalue weighted by Gasteiger charge is -2.12. The van der Waals surface area contributed by atoms with Gasteiger partial charge in [0.05, 0.1) is 23.7 Å². The van der Waals surface area contributed by atoms with Crippen LogP contribution in [0.5, 0.6) is 11.5 Å². The van der Waals surface area contributed by atoms with Gasteiger partial charge in [-0.15, -0.1) is 0 Å². The SMILES string of the molecule is CCCOc1ccc(OCC(=O)NC(C)c2nc3ccccc3[nH]2)cc1. The van der Waals surface area contributed by atoms with E-state index < -0.39 is 0 Å². The molecule has 2 aromatic carbocycles. The minimum Gasteiger partial charge on any atom is -0.494 e. The first kappa shape index (κ1) is 17.8. The first-order valence-corrected chi connectivity index (χ1v) is 8.75. The Kier molecular flexibility index (Phi) is 5.73. The topological polar surface area (TPSA) is 76.2 Å². The zero-order valence-electron chi connectivity index (χ0n) is 15.0. The van der Waals surface area contributed by atoms with Crippen LogP contribution >= 0.6 is 0 Å². The molecule has 0 spiro atoms. The summed E-state index contributed by atoms with van der Waals surface area (Å²) < 4.78 is 11.0. The molecule has 136 valence electrons. The highest BCUT2D eigenvalue weighted by atomic mass is 16.5. The lowest BCUT2D eigenvalue weighted by molar-refractivity contribution is -0.123. The quantitative estimate of drug-likeness (QED) is 0.649. The molecule has 6 heteroatoms. The van der Waals surface area contributed by atoms with E-state index in [0.29, 0.717) is 12.4 Å². The van der Waals surface area contributed by atoms with Crippen LogP contribution in [0.15, 0.2) is 48.5 Å². The molecule has 0 radical (unpaired) electrons. The van der Waals surface area contributed by atoms with Gasteiger partial charge in [-0.1, -0.05) is 19.1 Å². The number of aromatic amines is 1. The number of carbonyl (C=O) groups excluding carboxylic acids is 1. The van der Waals surface area contributed by atoms with E-state index in [9.17, 15) is 4.79 Å². The fourth-order valence-corrected chi connectivity index (χ4v) is 2.53. The zero-order chi connectivity index (χ0) is 18.4. The van der Waals surface area contributed by atoms with Crippen molar-refractivity contribution in [3.05, 3.63) is 54.4 Å². The van der Waals surface area contributed by atoms with Gasteiger partial charge in [0.1, 0.15) is 17.3 Å². The Hall–Kier alpha value is -3.02. The molecule has 0 saturated heterocycles. The largest absolute Gasteiger partial charge is 0.494 e. The highest BCUT2D eigenvalue weighted by Gasteiger charge is 2.14. The fraction of sp³-hybridized carbons (Fsp3) is 0.300. The number of fused-ring (bicyclic) bond motifs is 1. The zero-order valence-corrected chi connectivity index (χ0v) is 15.0. The third-order valence-electron chi connectivity index (χ3n) is 3.86. The maximum absolute atomic E-state index is 12.1. The van der Waals surface area contributed by atoms with Crippen molar-refractivity contribution < 1.29 is 14.3 Å². The Morgan fingerprint density at radius 1 is 1.12 bits per heavy atom. The Morgan fingerprint density at radius 2 is 1.81 bits per heavy atom.